The summed E-state index contributed by atoms with van der Waals surface area (Å²) in [6.07, 6.45) is 20.2. The predicted octanol–water partition coefficient (Wildman–Crippen LogP) is 5.81. The summed E-state index contributed by atoms with van der Waals surface area (Å²) in [4.78, 5) is 10.6. The van der Waals surface area contributed by atoms with Crippen molar-refractivity contribution in [2.75, 3.05) is 6.61 Å². The fraction of sp³-hybridized carbons (Fsp3) is 0.833. The van der Waals surface area contributed by atoms with E-state index in [0.29, 0.717) is 6.61 Å². The van der Waals surface area contributed by atoms with Gasteiger partial charge in [0.15, 0.2) is 0 Å². The third kappa shape index (κ3) is 17.2. The lowest BCUT2D eigenvalue weighted by Gasteiger charge is -2.03. The number of allylic oxidation sites excluding steroid dienone is 2. The van der Waals surface area contributed by atoms with Crippen LogP contribution in [0.5, 0.6) is 0 Å². The number of carbonyl (C=O) groups is 1. The molecule has 0 heterocycles. The highest BCUT2D eigenvalue weighted by Gasteiger charge is 1.95. The van der Waals surface area contributed by atoms with Crippen LogP contribution in [0, 0.1) is 0 Å². The smallest absolute Gasteiger partial charge is 0.302 e. The fourth-order valence-corrected chi connectivity index (χ4v) is 2.34. The van der Waals surface area contributed by atoms with E-state index < -0.39 is 0 Å². The van der Waals surface area contributed by atoms with E-state index in [9.17, 15) is 4.79 Å². The van der Waals surface area contributed by atoms with Gasteiger partial charge in [0.1, 0.15) is 0 Å². The van der Waals surface area contributed by atoms with Crippen molar-refractivity contribution < 1.29 is 9.53 Å². The second kappa shape index (κ2) is 16.3. The van der Waals surface area contributed by atoms with E-state index in [1.807, 2.05) is 0 Å². The summed E-state index contributed by atoms with van der Waals surface area (Å²) >= 11 is 0. The Morgan fingerprint density at radius 1 is 0.800 bits per heavy atom. The van der Waals surface area contributed by atoms with Gasteiger partial charge in [-0.15, -0.1) is 0 Å². The Labute approximate surface area is 126 Å². The van der Waals surface area contributed by atoms with Crippen molar-refractivity contribution in [1.82, 2.24) is 0 Å². The molecule has 0 saturated heterocycles. The van der Waals surface area contributed by atoms with Crippen molar-refractivity contribution in [2.45, 2.75) is 90.9 Å². The maximum Gasteiger partial charge on any atom is 0.302 e. The van der Waals surface area contributed by atoms with E-state index >= 15 is 0 Å². The van der Waals surface area contributed by atoms with E-state index in [2.05, 4.69) is 19.1 Å². The van der Waals surface area contributed by atoms with Crippen LogP contribution in [0.15, 0.2) is 12.2 Å². The van der Waals surface area contributed by atoms with Crippen molar-refractivity contribution in [3.63, 3.8) is 0 Å². The summed E-state index contributed by atoms with van der Waals surface area (Å²) < 4.78 is 4.91. The maximum atomic E-state index is 10.6. The van der Waals surface area contributed by atoms with E-state index in [1.54, 1.807) is 0 Å². The minimum Gasteiger partial charge on any atom is -0.466 e. The molecule has 2 nitrogen and oxygen atoms in total. The Morgan fingerprint density at radius 2 is 1.25 bits per heavy atom. The molecule has 0 unspecified atom stereocenters. The zero-order valence-corrected chi connectivity index (χ0v) is 13.7. The Kier molecular flexibility index (Phi) is 15.6. The molecular formula is C18H34O2. The van der Waals surface area contributed by atoms with Crippen molar-refractivity contribution in [1.29, 1.82) is 0 Å². The molecule has 0 amide bonds. The molecule has 0 aromatic heterocycles. The van der Waals surface area contributed by atoms with Crippen molar-refractivity contribution in [3.05, 3.63) is 12.2 Å². The first-order chi connectivity index (χ1) is 9.77. The lowest BCUT2D eigenvalue weighted by atomic mass is 10.1. The van der Waals surface area contributed by atoms with E-state index in [4.69, 9.17) is 4.74 Å². The minimum absolute atomic E-state index is 0.157. The van der Waals surface area contributed by atoms with Crippen LogP contribution in [0.3, 0.4) is 0 Å². The van der Waals surface area contributed by atoms with Crippen LogP contribution in [-0.4, -0.2) is 12.6 Å². The number of ether oxygens (including phenoxy) is 1. The summed E-state index contributed by atoms with van der Waals surface area (Å²) in [7, 11) is 0. The zero-order chi connectivity index (χ0) is 14.9. The summed E-state index contributed by atoms with van der Waals surface area (Å²) in [6, 6.07) is 0. The van der Waals surface area contributed by atoms with Gasteiger partial charge >= 0.3 is 5.97 Å². The summed E-state index contributed by atoms with van der Waals surface area (Å²) in [5.74, 6) is -0.157. The second-order valence-electron chi connectivity index (χ2n) is 5.59. The molecule has 20 heavy (non-hydrogen) atoms. The minimum atomic E-state index is -0.157. The van der Waals surface area contributed by atoms with E-state index in [-0.39, 0.29) is 5.97 Å². The molecule has 0 aliphatic rings. The van der Waals surface area contributed by atoms with Gasteiger partial charge in [-0.1, -0.05) is 69.9 Å². The molecule has 0 aromatic carbocycles. The zero-order valence-electron chi connectivity index (χ0n) is 13.7. The third-order valence-electron chi connectivity index (χ3n) is 3.56. The summed E-state index contributed by atoms with van der Waals surface area (Å²) in [5, 5.41) is 0. The Balaban J connectivity index is 2.97. The monoisotopic (exact) mass is 282 g/mol. The molecule has 0 spiro atoms. The number of rotatable bonds is 14. The molecule has 0 saturated carbocycles. The van der Waals surface area contributed by atoms with Crippen LogP contribution >= 0.6 is 0 Å². The van der Waals surface area contributed by atoms with Gasteiger partial charge in [-0.2, -0.15) is 0 Å². The van der Waals surface area contributed by atoms with Crippen molar-refractivity contribution in [2.24, 2.45) is 0 Å². The summed E-state index contributed by atoms with van der Waals surface area (Å²) in [6.45, 7) is 4.17. The highest BCUT2D eigenvalue weighted by atomic mass is 16.5. The Morgan fingerprint density at radius 3 is 1.70 bits per heavy atom. The van der Waals surface area contributed by atoms with Crippen molar-refractivity contribution >= 4 is 5.97 Å². The fourth-order valence-electron chi connectivity index (χ4n) is 2.34. The average Bonchev–Trinajstić information content (AvgIpc) is 2.43. The molecule has 0 rings (SSSR count). The van der Waals surface area contributed by atoms with E-state index in [1.165, 1.54) is 77.6 Å². The molecule has 0 bridgehead atoms. The quantitative estimate of drug-likeness (QED) is 0.228. The topological polar surface area (TPSA) is 26.3 Å². The largest absolute Gasteiger partial charge is 0.466 e. The molecule has 0 N–H and O–H groups in total. The van der Waals surface area contributed by atoms with Crippen LogP contribution in [0.25, 0.3) is 0 Å². The Bertz CT molecular complexity index is 234. The van der Waals surface area contributed by atoms with Crippen molar-refractivity contribution in [3.8, 4) is 0 Å². The van der Waals surface area contributed by atoms with Gasteiger partial charge in [0.2, 0.25) is 0 Å². The molecule has 118 valence electrons. The molecule has 0 aliphatic carbocycles. The number of carbonyl (C=O) groups excluding carboxylic acids is 1. The third-order valence-corrected chi connectivity index (χ3v) is 3.56. The van der Waals surface area contributed by atoms with Gasteiger partial charge in [0.25, 0.3) is 0 Å². The molecule has 0 fully saturated rings. The molecule has 0 radical (unpaired) electrons. The average molecular weight is 282 g/mol. The highest BCUT2D eigenvalue weighted by Crippen LogP contribution is 2.12. The van der Waals surface area contributed by atoms with Gasteiger partial charge < -0.3 is 4.74 Å². The van der Waals surface area contributed by atoms with Crippen LogP contribution < -0.4 is 0 Å². The molecule has 0 aromatic rings. The first-order valence-electron chi connectivity index (χ1n) is 8.52. The lowest BCUT2D eigenvalue weighted by molar-refractivity contribution is -0.141. The van der Waals surface area contributed by atoms with Gasteiger partial charge in [0, 0.05) is 6.92 Å². The number of hydrogen-bond acceptors (Lipinski definition) is 2. The number of hydrogen-bond donors (Lipinski definition) is 0. The SMILES string of the molecule is C/C=C/CCCCCCCCCCCCCOC(C)=O. The Hall–Kier alpha value is -0.790. The first kappa shape index (κ1) is 19.2. The standard InChI is InChI=1S/C18H34O2/c1-3-4-5-6-7-8-9-10-11-12-13-14-15-16-17-20-18(2)19/h3-4H,5-17H2,1-2H3/b4-3+. The van der Waals surface area contributed by atoms with Gasteiger partial charge in [-0.05, 0) is 26.2 Å². The number of unbranched alkanes of at least 4 members (excludes halogenated alkanes) is 11. The van der Waals surface area contributed by atoms with Gasteiger partial charge in [-0.25, -0.2) is 0 Å². The van der Waals surface area contributed by atoms with Crippen LogP contribution in [0.2, 0.25) is 0 Å². The van der Waals surface area contributed by atoms with Gasteiger partial charge in [0.05, 0.1) is 6.61 Å². The maximum absolute atomic E-state index is 10.6. The normalized spacial score (nSPS) is 11.1. The first-order valence-corrected chi connectivity index (χ1v) is 8.52. The summed E-state index contributed by atoms with van der Waals surface area (Å²) in [5.41, 5.74) is 0. The van der Waals surface area contributed by atoms with E-state index in [0.717, 1.165) is 6.42 Å². The second-order valence-corrected chi connectivity index (χ2v) is 5.59. The van der Waals surface area contributed by atoms with Crippen LogP contribution in [0.1, 0.15) is 90.9 Å². The molecule has 2 heteroatoms. The molecular weight excluding hydrogens is 248 g/mol. The predicted molar refractivity (Wildman–Crippen MR) is 86.9 cm³/mol. The lowest BCUT2D eigenvalue weighted by Crippen LogP contribution is -2.00. The molecule has 0 aliphatic heterocycles. The molecule has 0 atom stereocenters. The van der Waals surface area contributed by atoms with Crippen LogP contribution in [-0.2, 0) is 9.53 Å². The highest BCUT2D eigenvalue weighted by molar-refractivity contribution is 5.65. The number of esters is 1. The van der Waals surface area contributed by atoms with Gasteiger partial charge in [-0.3, -0.25) is 4.79 Å². The van der Waals surface area contributed by atoms with Crippen LogP contribution in [0.4, 0.5) is 0 Å².